The minimum atomic E-state index is -1.40. The Kier molecular flexibility index (Phi) is 4.99. The van der Waals surface area contributed by atoms with Crippen molar-refractivity contribution < 1.29 is 34.3 Å². The fourth-order valence-electron chi connectivity index (χ4n) is 11.0. The Labute approximate surface area is 196 Å². The molecule has 5 aliphatic carbocycles. The molecule has 1 unspecified atom stereocenters. The van der Waals surface area contributed by atoms with Gasteiger partial charge in [0.15, 0.2) is 0 Å². The first kappa shape index (κ1) is 23.1. The largest absolute Gasteiger partial charge is 0.392 e. The van der Waals surface area contributed by atoms with Crippen LogP contribution in [-0.4, -0.2) is 110 Å². The van der Waals surface area contributed by atoms with Crippen LogP contribution in [0, 0.1) is 34.5 Å². The van der Waals surface area contributed by atoms with Gasteiger partial charge in [-0.2, -0.15) is 0 Å². The molecule has 0 amide bonds. The van der Waals surface area contributed by atoms with Gasteiger partial charge in [-0.3, -0.25) is 4.90 Å². The summed E-state index contributed by atoms with van der Waals surface area (Å²) in [6.07, 6.45) is 0.834. The Balaban J connectivity index is 1.68. The van der Waals surface area contributed by atoms with E-state index in [-0.39, 0.29) is 41.2 Å². The molecule has 0 aromatic rings. The Hall–Kier alpha value is -0.320. The van der Waals surface area contributed by atoms with Gasteiger partial charge in [0, 0.05) is 70.0 Å². The summed E-state index contributed by atoms with van der Waals surface area (Å²) in [6, 6.07) is -0.312. The maximum atomic E-state index is 13.1. The van der Waals surface area contributed by atoms with Crippen molar-refractivity contribution in [2.45, 2.75) is 74.3 Å². The minimum absolute atomic E-state index is 0.00825. The summed E-state index contributed by atoms with van der Waals surface area (Å²) in [6.45, 7) is 4.26. The van der Waals surface area contributed by atoms with Crippen LogP contribution in [0.5, 0.6) is 0 Å². The van der Waals surface area contributed by atoms with Crippen LogP contribution in [0.2, 0.25) is 0 Å². The smallest absolute Gasteiger partial charge is 0.136 e. The second kappa shape index (κ2) is 7.13. The van der Waals surface area contributed by atoms with E-state index in [2.05, 4.69) is 11.8 Å². The van der Waals surface area contributed by atoms with Gasteiger partial charge in [0.1, 0.15) is 11.2 Å². The van der Waals surface area contributed by atoms with Crippen molar-refractivity contribution in [1.82, 2.24) is 4.90 Å². The summed E-state index contributed by atoms with van der Waals surface area (Å²) in [4.78, 5) is 2.38. The summed E-state index contributed by atoms with van der Waals surface area (Å²) < 4.78 is 24.5. The zero-order valence-corrected chi connectivity index (χ0v) is 20.6. The van der Waals surface area contributed by atoms with Crippen LogP contribution in [0.4, 0.5) is 0 Å². The molecule has 33 heavy (non-hydrogen) atoms. The van der Waals surface area contributed by atoms with Crippen LogP contribution >= 0.6 is 0 Å². The van der Waals surface area contributed by atoms with E-state index >= 15 is 0 Å². The van der Waals surface area contributed by atoms with Crippen molar-refractivity contribution in [2.24, 2.45) is 34.5 Å². The van der Waals surface area contributed by atoms with Crippen molar-refractivity contribution >= 4 is 0 Å². The van der Waals surface area contributed by atoms with Gasteiger partial charge in [-0.1, -0.05) is 6.92 Å². The summed E-state index contributed by atoms with van der Waals surface area (Å²) >= 11 is 0. The molecule has 6 fully saturated rings. The highest BCUT2D eigenvalue weighted by Crippen LogP contribution is 2.80. The van der Waals surface area contributed by atoms with E-state index in [0.29, 0.717) is 19.4 Å². The Morgan fingerprint density at radius 1 is 1.09 bits per heavy atom. The average molecular weight is 468 g/mol. The first-order valence-electron chi connectivity index (χ1n) is 12.7. The molecule has 1 saturated heterocycles. The van der Waals surface area contributed by atoms with Crippen LogP contribution < -0.4 is 0 Å². The number of aliphatic hydroxyl groups is 3. The minimum Gasteiger partial charge on any atom is -0.392 e. The van der Waals surface area contributed by atoms with E-state index in [9.17, 15) is 15.3 Å². The van der Waals surface area contributed by atoms with E-state index in [1.165, 1.54) is 0 Å². The molecule has 5 saturated carbocycles. The fourth-order valence-corrected chi connectivity index (χ4v) is 11.0. The van der Waals surface area contributed by atoms with Gasteiger partial charge in [-0.25, -0.2) is 0 Å². The number of aliphatic hydroxyl groups excluding tert-OH is 2. The van der Waals surface area contributed by atoms with Gasteiger partial charge >= 0.3 is 0 Å². The SMILES string of the molecule is CCN1C[C@]2(COC)CC[C@H](O)[C@]34C1[C@](O)([C@@H](OC)[C@H]23)[C@@]1(OC)C[C@H](OC)[C@H]2C[C@@H]4[C@@H]1[C@H]2O. The maximum absolute atomic E-state index is 13.1. The molecule has 1 spiro atoms. The predicted molar refractivity (Wildman–Crippen MR) is 119 cm³/mol. The van der Waals surface area contributed by atoms with Crippen molar-refractivity contribution in [1.29, 1.82) is 0 Å². The van der Waals surface area contributed by atoms with Gasteiger partial charge in [-0.15, -0.1) is 0 Å². The Bertz CT molecular complexity index is 814. The summed E-state index contributed by atoms with van der Waals surface area (Å²) in [5, 5.41) is 36.7. The molecule has 0 aromatic heterocycles. The number of rotatable bonds is 6. The molecule has 188 valence electrons. The van der Waals surface area contributed by atoms with Gasteiger partial charge in [0.25, 0.3) is 0 Å². The molecule has 8 heteroatoms. The zero-order valence-electron chi connectivity index (χ0n) is 20.6. The second-order valence-electron chi connectivity index (χ2n) is 11.9. The van der Waals surface area contributed by atoms with Crippen LogP contribution in [-0.2, 0) is 18.9 Å². The third kappa shape index (κ3) is 2.16. The highest BCUT2D eigenvalue weighted by atomic mass is 16.5. The summed E-state index contributed by atoms with van der Waals surface area (Å²) in [5.74, 6) is -0.360. The van der Waals surface area contributed by atoms with E-state index in [0.717, 1.165) is 25.9 Å². The predicted octanol–water partition coefficient (Wildman–Crippen LogP) is 0.271. The maximum Gasteiger partial charge on any atom is 0.136 e. The van der Waals surface area contributed by atoms with Crippen LogP contribution in [0.3, 0.4) is 0 Å². The standard InChI is InChI=1S/C25H41NO7/c1-6-26-11-22(12-30-2)8-7-16(27)24-14-9-13-15(31-3)10-23(33-5,17(14)18(13)28)25(29,21(24)26)20(32-4)19(22)24/h13-21,27-29H,6-12H2,1-5H3/t13-,14-,15+,16+,17-,18+,19-,20+,21?,22+,23-,24+,25-/m1/s1. The number of likely N-dealkylation sites (N-methyl/N-ethyl adjacent to an activating group) is 1. The summed E-state index contributed by atoms with van der Waals surface area (Å²) in [5.41, 5.74) is -3.24. The molecule has 6 aliphatic rings. The molecular weight excluding hydrogens is 426 g/mol. The topological polar surface area (TPSA) is 101 Å². The summed E-state index contributed by atoms with van der Waals surface area (Å²) in [7, 11) is 6.79. The molecule has 7 bridgehead atoms. The second-order valence-corrected chi connectivity index (χ2v) is 11.9. The molecule has 6 rings (SSSR count). The van der Waals surface area contributed by atoms with Crippen LogP contribution in [0.25, 0.3) is 0 Å². The molecule has 13 atom stereocenters. The third-order valence-corrected chi connectivity index (χ3v) is 11.6. The number of fused-ring (bicyclic) bond motifs is 2. The zero-order chi connectivity index (χ0) is 23.6. The average Bonchev–Trinajstić information content (AvgIpc) is 3.16. The van der Waals surface area contributed by atoms with Crippen LogP contribution in [0.15, 0.2) is 0 Å². The normalized spacial score (nSPS) is 60.9. The quantitative estimate of drug-likeness (QED) is 0.512. The number of hydrogen-bond acceptors (Lipinski definition) is 8. The van der Waals surface area contributed by atoms with Gasteiger partial charge in [0.2, 0.25) is 0 Å². The number of nitrogens with zero attached hydrogens (tertiary/aromatic N) is 1. The highest BCUT2D eigenvalue weighted by molar-refractivity contribution is 5.41. The number of likely N-dealkylation sites (tertiary alicyclic amines) is 1. The molecule has 0 aromatic carbocycles. The van der Waals surface area contributed by atoms with E-state index in [1.807, 2.05) is 0 Å². The first-order valence-corrected chi connectivity index (χ1v) is 12.7. The van der Waals surface area contributed by atoms with Gasteiger partial charge in [0.05, 0.1) is 37.1 Å². The third-order valence-electron chi connectivity index (χ3n) is 11.6. The lowest BCUT2D eigenvalue weighted by Crippen LogP contribution is -2.82. The van der Waals surface area contributed by atoms with Gasteiger partial charge < -0.3 is 34.3 Å². The van der Waals surface area contributed by atoms with Crippen molar-refractivity contribution in [3.05, 3.63) is 0 Å². The van der Waals surface area contributed by atoms with Crippen molar-refractivity contribution in [3.8, 4) is 0 Å². The number of hydrogen-bond donors (Lipinski definition) is 3. The monoisotopic (exact) mass is 467 g/mol. The van der Waals surface area contributed by atoms with E-state index in [1.54, 1.807) is 28.4 Å². The lowest BCUT2D eigenvalue weighted by atomic mass is 9.42. The number of ether oxygens (including phenoxy) is 4. The van der Waals surface area contributed by atoms with Gasteiger partial charge in [-0.05, 0) is 31.7 Å². The molecule has 1 aliphatic heterocycles. The fraction of sp³-hybridized carbons (Fsp3) is 1.00. The molecule has 3 N–H and O–H groups in total. The molecule has 1 heterocycles. The number of piperidine rings is 1. The lowest BCUT2D eigenvalue weighted by Gasteiger charge is -2.70. The Morgan fingerprint density at radius 3 is 2.45 bits per heavy atom. The number of methoxy groups -OCH3 is 4. The van der Waals surface area contributed by atoms with Crippen molar-refractivity contribution in [2.75, 3.05) is 48.1 Å². The van der Waals surface area contributed by atoms with Crippen LogP contribution in [0.1, 0.15) is 32.6 Å². The molecule has 8 nitrogen and oxygen atoms in total. The highest BCUT2D eigenvalue weighted by Gasteiger charge is 2.91. The molecule has 0 radical (unpaired) electrons. The lowest BCUT2D eigenvalue weighted by molar-refractivity contribution is -0.324. The van der Waals surface area contributed by atoms with E-state index in [4.69, 9.17) is 18.9 Å². The van der Waals surface area contributed by atoms with E-state index < -0.39 is 34.9 Å². The van der Waals surface area contributed by atoms with Crippen molar-refractivity contribution in [3.63, 3.8) is 0 Å². The Morgan fingerprint density at radius 2 is 1.85 bits per heavy atom. The first-order chi connectivity index (χ1) is 15.8. The molecular formula is C25H41NO7.